The number of nitrogens with zero attached hydrogens (tertiary/aromatic N) is 3. The molecule has 3 N–H and O–H groups in total. The fourth-order valence-electron chi connectivity index (χ4n) is 3.75. The molecule has 0 amide bonds. The van der Waals surface area contributed by atoms with Crippen LogP contribution in [-0.2, 0) is 21.5 Å². The summed E-state index contributed by atoms with van der Waals surface area (Å²) in [5.41, 5.74) is 2.87. The summed E-state index contributed by atoms with van der Waals surface area (Å²) in [4.78, 5) is 30.4. The molecule has 14 heteroatoms. The number of piperidine rings is 1. The number of hydrogen-bond acceptors (Lipinski definition) is 5. The number of nitrogens with one attached hydrogen (secondary N) is 1. The van der Waals surface area contributed by atoms with E-state index >= 15 is 0 Å². The van der Waals surface area contributed by atoms with Gasteiger partial charge in [0.1, 0.15) is 5.82 Å². The molecule has 1 aromatic heterocycles. The number of aryl methyl sites for hydroxylation is 1. The Hall–Kier alpha value is -3.13. The Morgan fingerprint density at radius 2 is 1.49 bits per heavy atom. The van der Waals surface area contributed by atoms with Crippen LogP contribution in [0.25, 0.3) is 0 Å². The number of aromatic nitrogens is 2. The van der Waals surface area contributed by atoms with E-state index in [-0.39, 0.29) is 5.41 Å². The maximum Gasteiger partial charge on any atom is 0.490 e. The molecule has 0 unspecified atom stereocenters. The summed E-state index contributed by atoms with van der Waals surface area (Å²) in [6.45, 7) is 6.34. The van der Waals surface area contributed by atoms with Crippen LogP contribution >= 0.6 is 0 Å². The lowest BCUT2D eigenvalue weighted by Gasteiger charge is -2.43. The van der Waals surface area contributed by atoms with Crippen molar-refractivity contribution >= 4 is 11.9 Å². The zero-order chi connectivity index (χ0) is 28.4. The Morgan fingerprint density at radius 1 is 1.03 bits per heavy atom. The van der Waals surface area contributed by atoms with Gasteiger partial charge in [-0.25, -0.2) is 14.6 Å². The van der Waals surface area contributed by atoms with E-state index in [9.17, 15) is 26.3 Å². The predicted octanol–water partition coefficient (Wildman–Crippen LogP) is 4.08. The molecule has 1 aliphatic rings. The highest BCUT2D eigenvalue weighted by Crippen LogP contribution is 2.36. The van der Waals surface area contributed by atoms with E-state index in [1.165, 1.54) is 31.5 Å². The van der Waals surface area contributed by atoms with Crippen LogP contribution < -0.4 is 0 Å². The average Bonchev–Trinajstić information content (AvgIpc) is 3.20. The van der Waals surface area contributed by atoms with Crippen molar-refractivity contribution in [3.8, 4) is 0 Å². The molecular formula is C23H30F6N4O4. The van der Waals surface area contributed by atoms with Gasteiger partial charge in [0.15, 0.2) is 0 Å². The summed E-state index contributed by atoms with van der Waals surface area (Å²) < 4.78 is 63.5. The molecule has 0 radical (unpaired) electrons. The van der Waals surface area contributed by atoms with Crippen LogP contribution in [0.4, 0.5) is 26.3 Å². The molecule has 2 heterocycles. The monoisotopic (exact) mass is 540 g/mol. The van der Waals surface area contributed by atoms with E-state index in [4.69, 9.17) is 19.8 Å². The van der Waals surface area contributed by atoms with Crippen molar-refractivity contribution in [2.75, 3.05) is 33.7 Å². The van der Waals surface area contributed by atoms with Gasteiger partial charge in [-0.2, -0.15) is 26.3 Å². The second-order valence-electron chi connectivity index (χ2n) is 8.74. The Labute approximate surface area is 209 Å². The zero-order valence-electron chi connectivity index (χ0n) is 20.5. The molecular weight excluding hydrogens is 510 g/mol. The molecule has 8 nitrogen and oxygen atoms in total. The molecule has 0 saturated carbocycles. The van der Waals surface area contributed by atoms with Crippen molar-refractivity contribution in [2.45, 2.75) is 44.1 Å². The van der Waals surface area contributed by atoms with Gasteiger partial charge in [-0.05, 0) is 52.5 Å². The number of halogens is 6. The fourth-order valence-corrected chi connectivity index (χ4v) is 3.75. The van der Waals surface area contributed by atoms with Crippen molar-refractivity contribution in [1.82, 2.24) is 19.8 Å². The molecule has 1 aliphatic heterocycles. The number of imidazole rings is 1. The van der Waals surface area contributed by atoms with Crippen LogP contribution in [0.5, 0.6) is 0 Å². The number of likely N-dealkylation sites (tertiary alicyclic amines) is 1. The minimum Gasteiger partial charge on any atom is -0.475 e. The summed E-state index contributed by atoms with van der Waals surface area (Å²) in [5, 5.41) is 14.2. The van der Waals surface area contributed by atoms with E-state index in [0.717, 1.165) is 24.6 Å². The molecule has 208 valence electrons. The largest absolute Gasteiger partial charge is 0.490 e. The van der Waals surface area contributed by atoms with E-state index < -0.39 is 24.3 Å². The normalized spacial score (nSPS) is 15.7. The summed E-state index contributed by atoms with van der Waals surface area (Å²) in [7, 11) is 4.44. The molecule has 0 bridgehead atoms. The average molecular weight is 541 g/mol. The Balaban J connectivity index is 0.000000404. The Morgan fingerprint density at radius 3 is 1.86 bits per heavy atom. The van der Waals surface area contributed by atoms with Gasteiger partial charge >= 0.3 is 24.3 Å². The third kappa shape index (κ3) is 11.2. The number of carbonyl (C=O) groups is 2. The minimum absolute atomic E-state index is 0.254. The molecule has 1 saturated heterocycles. The van der Waals surface area contributed by atoms with Gasteiger partial charge in [0.2, 0.25) is 0 Å². The summed E-state index contributed by atoms with van der Waals surface area (Å²) in [6.07, 6.45) is -5.82. The van der Waals surface area contributed by atoms with Crippen molar-refractivity contribution in [3.63, 3.8) is 0 Å². The number of alkyl halides is 6. The van der Waals surface area contributed by atoms with E-state index in [0.29, 0.717) is 0 Å². The minimum atomic E-state index is -5.08. The van der Waals surface area contributed by atoms with Crippen molar-refractivity contribution in [1.29, 1.82) is 0 Å². The first-order valence-electron chi connectivity index (χ1n) is 11.0. The van der Waals surface area contributed by atoms with E-state index in [1.807, 2.05) is 6.20 Å². The van der Waals surface area contributed by atoms with Crippen LogP contribution in [0, 0.1) is 6.92 Å². The van der Waals surface area contributed by atoms with Crippen molar-refractivity contribution < 1.29 is 46.1 Å². The number of rotatable bonds is 5. The smallest absolute Gasteiger partial charge is 0.475 e. The van der Waals surface area contributed by atoms with Gasteiger partial charge in [-0.3, -0.25) is 4.90 Å². The van der Waals surface area contributed by atoms with Gasteiger partial charge < -0.3 is 20.1 Å². The number of aliphatic carboxylic acids is 2. The van der Waals surface area contributed by atoms with Crippen LogP contribution in [0.1, 0.15) is 29.9 Å². The Bertz CT molecular complexity index is 963. The lowest BCUT2D eigenvalue weighted by molar-refractivity contribution is -0.193. The number of hydrogen-bond donors (Lipinski definition) is 3. The van der Waals surface area contributed by atoms with Crippen LogP contribution in [0.2, 0.25) is 0 Å². The van der Waals surface area contributed by atoms with Gasteiger partial charge in [0.25, 0.3) is 0 Å². The SMILES string of the molecule is Cc1cnc(CN(C)CC2(c3ccccc3)CCN(C)CC2)[nH]1.O=C(O)C(F)(F)F.O=C(O)C(F)(F)F. The van der Waals surface area contributed by atoms with E-state index in [1.54, 1.807) is 0 Å². The quantitative estimate of drug-likeness (QED) is 0.491. The summed E-state index contributed by atoms with van der Waals surface area (Å²) >= 11 is 0. The number of aromatic amines is 1. The first-order chi connectivity index (χ1) is 17.0. The number of H-pyrrole nitrogens is 1. The second kappa shape index (κ2) is 13.4. The number of carboxylic acid groups (broad SMARTS) is 2. The van der Waals surface area contributed by atoms with Crippen molar-refractivity contribution in [3.05, 3.63) is 53.6 Å². The maximum absolute atomic E-state index is 10.6. The molecule has 0 aliphatic carbocycles. The topological polar surface area (TPSA) is 110 Å². The van der Waals surface area contributed by atoms with Crippen LogP contribution in [-0.4, -0.2) is 88.0 Å². The fraction of sp³-hybridized carbons (Fsp3) is 0.522. The zero-order valence-corrected chi connectivity index (χ0v) is 20.5. The lowest BCUT2D eigenvalue weighted by Crippen LogP contribution is -2.47. The molecule has 0 atom stereocenters. The third-order valence-corrected chi connectivity index (χ3v) is 5.56. The molecule has 0 spiro atoms. The van der Waals surface area contributed by atoms with Gasteiger partial charge in [0, 0.05) is 23.9 Å². The van der Waals surface area contributed by atoms with Crippen LogP contribution in [0.15, 0.2) is 36.5 Å². The molecule has 1 aromatic carbocycles. The predicted molar refractivity (Wildman–Crippen MR) is 122 cm³/mol. The number of benzene rings is 1. The Kier molecular flexibility index (Phi) is 11.6. The maximum atomic E-state index is 10.6. The third-order valence-electron chi connectivity index (χ3n) is 5.56. The second-order valence-corrected chi connectivity index (χ2v) is 8.74. The highest BCUT2D eigenvalue weighted by atomic mass is 19.4. The first-order valence-corrected chi connectivity index (χ1v) is 11.0. The standard InChI is InChI=1S/C19H28N4.2C2HF3O2/c1-16-13-20-18(21-16)14-23(3)15-19(9-11-22(2)12-10-19)17-7-5-4-6-8-17;2*3-2(4,5)1(6)7/h4-8,13H,9-12,14-15H2,1-3H3,(H,20,21);2*(H,6,7). The highest BCUT2D eigenvalue weighted by Gasteiger charge is 2.39. The van der Waals surface area contributed by atoms with Gasteiger partial charge in [-0.15, -0.1) is 0 Å². The molecule has 1 fully saturated rings. The first kappa shape index (κ1) is 31.9. The van der Waals surface area contributed by atoms with Crippen molar-refractivity contribution in [2.24, 2.45) is 0 Å². The summed E-state index contributed by atoms with van der Waals surface area (Å²) in [5.74, 6) is -4.46. The summed E-state index contributed by atoms with van der Waals surface area (Å²) in [6, 6.07) is 11.1. The van der Waals surface area contributed by atoms with Gasteiger partial charge in [0.05, 0.1) is 6.54 Å². The van der Waals surface area contributed by atoms with Gasteiger partial charge in [-0.1, -0.05) is 30.3 Å². The molecule has 2 aromatic rings. The van der Waals surface area contributed by atoms with Crippen LogP contribution in [0.3, 0.4) is 0 Å². The van der Waals surface area contributed by atoms with E-state index in [2.05, 4.69) is 71.1 Å². The molecule has 3 rings (SSSR count). The highest BCUT2D eigenvalue weighted by molar-refractivity contribution is 5.73. The number of carboxylic acids is 2. The number of likely N-dealkylation sites (N-methyl/N-ethyl adjacent to an activating group) is 1. The lowest BCUT2D eigenvalue weighted by atomic mass is 9.72. The molecule has 37 heavy (non-hydrogen) atoms.